The summed E-state index contributed by atoms with van der Waals surface area (Å²) in [4.78, 5) is 0. The van der Waals surface area contributed by atoms with Gasteiger partial charge in [-0.2, -0.15) is 0 Å². The van der Waals surface area contributed by atoms with Crippen LogP contribution in [0.5, 0.6) is 5.75 Å². The number of aromatic hydroxyl groups is 1. The highest BCUT2D eigenvalue weighted by Gasteiger charge is 1.84. The second-order valence-corrected chi connectivity index (χ2v) is 1.80. The lowest BCUT2D eigenvalue weighted by atomic mass is 10.2. The fourth-order valence-electron chi connectivity index (χ4n) is 0.610. The summed E-state index contributed by atoms with van der Waals surface area (Å²) in [6.45, 7) is 3.58. The van der Waals surface area contributed by atoms with Gasteiger partial charge in [0.05, 0.1) is 0 Å². The average Bonchev–Trinajstić information content (AvgIpc) is 2.38. The van der Waals surface area contributed by atoms with Crippen LogP contribution in [-0.2, 0) is 0 Å². The van der Waals surface area contributed by atoms with Crippen LogP contribution in [0.1, 0.15) is 5.56 Å². The smallest absolute Gasteiger partial charge is 0.115 e. The number of hydrogen-bond acceptors (Lipinski definition) is 4. The Morgan fingerprint density at radius 1 is 0.933 bits per heavy atom. The first kappa shape index (κ1) is 19.2. The largest absolute Gasteiger partial charge is 0.508 e. The lowest BCUT2D eigenvalue weighted by Gasteiger charge is -1.90. The summed E-state index contributed by atoms with van der Waals surface area (Å²) < 4.78 is 0. The van der Waals surface area contributed by atoms with Crippen molar-refractivity contribution >= 4 is 6.08 Å². The van der Waals surface area contributed by atoms with Gasteiger partial charge in [-0.05, 0) is 38.8 Å². The molecule has 0 aromatic heterocycles. The molecule has 4 heteroatoms. The van der Waals surface area contributed by atoms with Gasteiger partial charge in [-0.3, -0.25) is 0 Å². The van der Waals surface area contributed by atoms with Gasteiger partial charge in [0, 0.05) is 0 Å². The van der Waals surface area contributed by atoms with Crippen molar-refractivity contribution in [3.05, 3.63) is 36.4 Å². The van der Waals surface area contributed by atoms with Crippen LogP contribution in [-0.4, -0.2) is 26.2 Å². The van der Waals surface area contributed by atoms with E-state index in [-0.39, 0.29) is 0 Å². The standard InChI is InChI=1S/C8H8O.3CH5N/c1-2-7-3-5-8(9)6-4-7;3*1-2/h2-6,9H,1H2;3*2H2,1H3. The molecule has 0 aliphatic carbocycles. The minimum absolute atomic E-state index is 0.292. The average molecular weight is 213 g/mol. The SMILES string of the molecule is C=Cc1ccc(O)cc1.CN.CN.CN. The van der Waals surface area contributed by atoms with E-state index in [0.717, 1.165) is 5.56 Å². The minimum Gasteiger partial charge on any atom is -0.508 e. The van der Waals surface area contributed by atoms with E-state index in [1.807, 2.05) is 12.1 Å². The van der Waals surface area contributed by atoms with Gasteiger partial charge in [-0.15, -0.1) is 0 Å². The van der Waals surface area contributed by atoms with Crippen LogP contribution >= 0.6 is 0 Å². The Kier molecular flexibility index (Phi) is 23.7. The van der Waals surface area contributed by atoms with Gasteiger partial charge < -0.3 is 22.3 Å². The molecule has 15 heavy (non-hydrogen) atoms. The molecule has 1 aromatic carbocycles. The van der Waals surface area contributed by atoms with Crippen LogP contribution in [0.3, 0.4) is 0 Å². The molecule has 0 radical (unpaired) electrons. The van der Waals surface area contributed by atoms with Crippen molar-refractivity contribution in [2.75, 3.05) is 21.1 Å². The summed E-state index contributed by atoms with van der Waals surface area (Å²) in [6, 6.07) is 6.89. The normalized spacial score (nSPS) is 6.53. The van der Waals surface area contributed by atoms with Crippen LogP contribution in [0.15, 0.2) is 30.8 Å². The minimum atomic E-state index is 0.292. The summed E-state index contributed by atoms with van der Waals surface area (Å²) in [5.41, 5.74) is 14.5. The maximum Gasteiger partial charge on any atom is 0.115 e. The predicted octanol–water partition coefficient (Wildman–Crippen LogP) is 0.760. The lowest BCUT2D eigenvalue weighted by molar-refractivity contribution is 0.475. The van der Waals surface area contributed by atoms with Gasteiger partial charge >= 0.3 is 0 Å². The first-order valence-corrected chi connectivity index (χ1v) is 4.47. The molecular weight excluding hydrogens is 190 g/mol. The molecule has 0 atom stereocenters. The van der Waals surface area contributed by atoms with Crippen molar-refractivity contribution in [1.82, 2.24) is 0 Å². The van der Waals surface area contributed by atoms with Crippen molar-refractivity contribution in [1.29, 1.82) is 0 Å². The van der Waals surface area contributed by atoms with Crippen molar-refractivity contribution in [2.24, 2.45) is 17.2 Å². The first-order valence-electron chi connectivity index (χ1n) is 4.47. The molecule has 0 spiro atoms. The van der Waals surface area contributed by atoms with E-state index in [4.69, 9.17) is 5.11 Å². The fourth-order valence-corrected chi connectivity index (χ4v) is 0.610. The molecule has 4 nitrogen and oxygen atoms in total. The second kappa shape index (κ2) is 18.4. The van der Waals surface area contributed by atoms with Crippen molar-refractivity contribution in [2.45, 2.75) is 0 Å². The molecule has 0 amide bonds. The third-order valence-electron chi connectivity index (χ3n) is 1.13. The van der Waals surface area contributed by atoms with Crippen LogP contribution in [0, 0.1) is 0 Å². The Morgan fingerprint density at radius 2 is 1.27 bits per heavy atom. The maximum absolute atomic E-state index is 8.82. The molecule has 7 N–H and O–H groups in total. The molecule has 1 aromatic rings. The number of phenols is 1. The van der Waals surface area contributed by atoms with Crippen LogP contribution in [0.2, 0.25) is 0 Å². The molecule has 0 aliphatic rings. The monoisotopic (exact) mass is 213 g/mol. The number of nitrogens with two attached hydrogens (primary N) is 3. The zero-order valence-corrected chi connectivity index (χ0v) is 9.77. The molecule has 0 unspecified atom stereocenters. The summed E-state index contributed by atoms with van der Waals surface area (Å²) >= 11 is 0. The zero-order chi connectivity index (χ0) is 12.7. The highest BCUT2D eigenvalue weighted by Crippen LogP contribution is 2.09. The van der Waals surface area contributed by atoms with Crippen molar-refractivity contribution in [3.8, 4) is 5.75 Å². The Labute approximate surface area is 92.4 Å². The topological polar surface area (TPSA) is 98.3 Å². The number of benzene rings is 1. The Hall–Kier alpha value is -1.36. The molecule has 0 saturated heterocycles. The van der Waals surface area contributed by atoms with Gasteiger partial charge in [0.25, 0.3) is 0 Å². The molecular formula is C11H23N3O. The number of rotatable bonds is 1. The molecule has 88 valence electrons. The summed E-state index contributed by atoms with van der Waals surface area (Å²) in [7, 11) is 4.50. The molecule has 0 fully saturated rings. The van der Waals surface area contributed by atoms with Gasteiger partial charge in [-0.25, -0.2) is 0 Å². The van der Waals surface area contributed by atoms with Gasteiger partial charge in [0.2, 0.25) is 0 Å². The number of phenolic OH excluding ortho intramolecular Hbond substituents is 1. The molecule has 0 bridgehead atoms. The maximum atomic E-state index is 8.82. The van der Waals surface area contributed by atoms with E-state index in [0.29, 0.717) is 5.75 Å². The third-order valence-corrected chi connectivity index (χ3v) is 1.13. The molecule has 0 saturated carbocycles. The van der Waals surface area contributed by atoms with Gasteiger partial charge in [0.15, 0.2) is 0 Å². The Bertz CT molecular complexity index is 210. The fraction of sp³-hybridized carbons (Fsp3) is 0.273. The Morgan fingerprint density at radius 3 is 1.53 bits per heavy atom. The van der Waals surface area contributed by atoms with E-state index in [9.17, 15) is 0 Å². The van der Waals surface area contributed by atoms with Crippen molar-refractivity contribution in [3.63, 3.8) is 0 Å². The highest BCUT2D eigenvalue weighted by atomic mass is 16.3. The summed E-state index contributed by atoms with van der Waals surface area (Å²) in [5.74, 6) is 0.292. The second-order valence-electron chi connectivity index (χ2n) is 1.80. The van der Waals surface area contributed by atoms with Crippen LogP contribution < -0.4 is 17.2 Å². The Balaban J connectivity index is -0.000000208. The zero-order valence-electron chi connectivity index (χ0n) is 9.77. The summed E-state index contributed by atoms with van der Waals surface area (Å²) in [6.07, 6.45) is 1.74. The lowest BCUT2D eigenvalue weighted by Crippen LogP contribution is -1.69. The van der Waals surface area contributed by atoms with E-state index in [2.05, 4.69) is 23.8 Å². The van der Waals surface area contributed by atoms with Gasteiger partial charge in [0.1, 0.15) is 5.75 Å². The van der Waals surface area contributed by atoms with E-state index >= 15 is 0 Å². The highest BCUT2D eigenvalue weighted by molar-refractivity contribution is 5.47. The third kappa shape index (κ3) is 12.6. The van der Waals surface area contributed by atoms with E-state index in [1.165, 1.54) is 21.1 Å². The molecule has 0 heterocycles. The first-order chi connectivity index (χ1) is 7.33. The quantitative estimate of drug-likeness (QED) is 0.553. The summed E-state index contributed by atoms with van der Waals surface area (Å²) in [5, 5.41) is 8.82. The predicted molar refractivity (Wildman–Crippen MR) is 68.5 cm³/mol. The van der Waals surface area contributed by atoms with Gasteiger partial charge in [-0.1, -0.05) is 24.8 Å². The van der Waals surface area contributed by atoms with E-state index in [1.54, 1.807) is 18.2 Å². The van der Waals surface area contributed by atoms with E-state index < -0.39 is 0 Å². The van der Waals surface area contributed by atoms with Crippen LogP contribution in [0.4, 0.5) is 0 Å². The number of hydrogen-bond donors (Lipinski definition) is 4. The van der Waals surface area contributed by atoms with Crippen LogP contribution in [0.25, 0.3) is 6.08 Å². The molecule has 1 rings (SSSR count). The molecule has 0 aliphatic heterocycles. The van der Waals surface area contributed by atoms with Crippen molar-refractivity contribution < 1.29 is 5.11 Å².